The molecule has 1 N–H and O–H groups in total. The van der Waals surface area contributed by atoms with Crippen LogP contribution in [-0.4, -0.2) is 58.0 Å². The highest BCUT2D eigenvalue weighted by molar-refractivity contribution is 5.97. The van der Waals surface area contributed by atoms with Gasteiger partial charge >= 0.3 is 5.69 Å². The number of imidazole rings is 1. The van der Waals surface area contributed by atoms with E-state index in [0.29, 0.717) is 5.56 Å². The van der Waals surface area contributed by atoms with Crippen molar-refractivity contribution in [2.45, 2.75) is 25.7 Å². The number of hydrogen-bond acceptors (Lipinski definition) is 3. The molecule has 0 radical (unpaired) electrons. The van der Waals surface area contributed by atoms with E-state index in [0.717, 1.165) is 49.6 Å². The van der Waals surface area contributed by atoms with Crippen molar-refractivity contribution in [3.05, 3.63) is 34.2 Å². The van der Waals surface area contributed by atoms with Crippen LogP contribution in [0.1, 0.15) is 36.0 Å². The van der Waals surface area contributed by atoms with Gasteiger partial charge in [0.25, 0.3) is 5.91 Å². The van der Waals surface area contributed by atoms with Gasteiger partial charge in [-0.2, -0.15) is 0 Å². The lowest BCUT2D eigenvalue weighted by molar-refractivity contribution is 0.0759. The molecular weight excluding hydrogens is 316 g/mol. The van der Waals surface area contributed by atoms with Crippen LogP contribution in [0, 0.1) is 5.92 Å². The zero-order valence-electron chi connectivity index (χ0n) is 14.8. The lowest BCUT2D eigenvalue weighted by Gasteiger charge is -2.31. The van der Waals surface area contributed by atoms with Crippen molar-refractivity contribution in [1.29, 1.82) is 0 Å². The summed E-state index contributed by atoms with van der Waals surface area (Å²) < 4.78 is 1.55. The van der Waals surface area contributed by atoms with Gasteiger partial charge in [0.15, 0.2) is 0 Å². The minimum atomic E-state index is -0.152. The number of carbonyl (C=O) groups is 1. The molecule has 0 spiro atoms. The van der Waals surface area contributed by atoms with Crippen molar-refractivity contribution in [2.24, 2.45) is 13.0 Å². The molecule has 1 aliphatic heterocycles. The second-order valence-corrected chi connectivity index (χ2v) is 7.46. The molecule has 2 fully saturated rings. The lowest BCUT2D eigenvalue weighted by Crippen LogP contribution is -2.37. The Morgan fingerprint density at radius 3 is 2.76 bits per heavy atom. The third-order valence-electron chi connectivity index (χ3n) is 5.77. The Hall–Kier alpha value is -2.08. The van der Waals surface area contributed by atoms with E-state index in [9.17, 15) is 9.59 Å². The molecule has 1 saturated carbocycles. The first-order valence-corrected chi connectivity index (χ1v) is 9.32. The molecule has 1 aromatic heterocycles. The average molecular weight is 342 g/mol. The fourth-order valence-corrected chi connectivity index (χ4v) is 3.94. The van der Waals surface area contributed by atoms with Gasteiger partial charge in [0, 0.05) is 38.8 Å². The number of H-pyrrole nitrogens is 1. The van der Waals surface area contributed by atoms with E-state index < -0.39 is 0 Å². The maximum Gasteiger partial charge on any atom is 0.326 e. The van der Waals surface area contributed by atoms with Gasteiger partial charge in [0.1, 0.15) is 0 Å². The number of hydrogen-bond donors (Lipinski definition) is 1. The van der Waals surface area contributed by atoms with Gasteiger partial charge in [-0.1, -0.05) is 6.42 Å². The first-order chi connectivity index (χ1) is 12.1. The third kappa shape index (κ3) is 3.23. The highest BCUT2D eigenvalue weighted by Crippen LogP contribution is 2.27. The van der Waals surface area contributed by atoms with E-state index in [1.807, 2.05) is 23.1 Å². The Morgan fingerprint density at radius 2 is 2.00 bits per heavy atom. The van der Waals surface area contributed by atoms with Crippen LogP contribution < -0.4 is 5.69 Å². The number of aromatic nitrogens is 2. The van der Waals surface area contributed by atoms with Gasteiger partial charge < -0.3 is 14.8 Å². The zero-order valence-corrected chi connectivity index (χ0v) is 14.8. The molecule has 0 bridgehead atoms. The molecule has 2 heterocycles. The van der Waals surface area contributed by atoms with Gasteiger partial charge in [-0.15, -0.1) is 0 Å². The summed E-state index contributed by atoms with van der Waals surface area (Å²) in [6, 6.07) is 5.47. The van der Waals surface area contributed by atoms with Crippen LogP contribution in [0.4, 0.5) is 0 Å². The first kappa shape index (κ1) is 16.4. The Bertz CT molecular complexity index is 834. The zero-order chi connectivity index (χ0) is 17.4. The molecule has 6 heteroatoms. The Morgan fingerprint density at radius 1 is 1.16 bits per heavy atom. The fourth-order valence-electron chi connectivity index (χ4n) is 3.94. The SMILES string of the molecule is Cn1c(=O)[nH]c2ccc(C(=O)N3CCCN(CC4CCC4)CC3)cc21. The van der Waals surface area contributed by atoms with Crippen molar-refractivity contribution in [3.63, 3.8) is 0 Å². The van der Waals surface area contributed by atoms with E-state index in [1.54, 1.807) is 11.6 Å². The van der Waals surface area contributed by atoms with Crippen LogP contribution in [0.3, 0.4) is 0 Å². The topological polar surface area (TPSA) is 61.3 Å². The highest BCUT2D eigenvalue weighted by atomic mass is 16.2. The Labute approximate surface area is 147 Å². The highest BCUT2D eigenvalue weighted by Gasteiger charge is 2.24. The third-order valence-corrected chi connectivity index (χ3v) is 5.77. The van der Waals surface area contributed by atoms with Crippen molar-refractivity contribution in [1.82, 2.24) is 19.4 Å². The Kier molecular flexibility index (Phi) is 4.37. The Balaban J connectivity index is 1.46. The molecule has 4 rings (SSSR count). The average Bonchev–Trinajstić information content (AvgIpc) is 2.76. The molecule has 2 aliphatic rings. The summed E-state index contributed by atoms with van der Waals surface area (Å²) in [5, 5.41) is 0. The molecule has 1 saturated heterocycles. The summed E-state index contributed by atoms with van der Waals surface area (Å²) in [7, 11) is 1.72. The summed E-state index contributed by atoms with van der Waals surface area (Å²) in [5.74, 6) is 0.945. The molecule has 0 unspecified atom stereocenters. The molecule has 6 nitrogen and oxygen atoms in total. The molecule has 1 aromatic carbocycles. The number of aryl methyl sites for hydroxylation is 1. The molecule has 25 heavy (non-hydrogen) atoms. The van der Waals surface area contributed by atoms with Crippen molar-refractivity contribution < 1.29 is 4.79 Å². The van der Waals surface area contributed by atoms with Crippen LogP contribution in [0.15, 0.2) is 23.0 Å². The molecule has 134 valence electrons. The van der Waals surface area contributed by atoms with Crippen LogP contribution >= 0.6 is 0 Å². The van der Waals surface area contributed by atoms with E-state index in [-0.39, 0.29) is 11.6 Å². The molecule has 1 amide bonds. The number of nitrogens with one attached hydrogen (secondary N) is 1. The van der Waals surface area contributed by atoms with Gasteiger partial charge in [-0.05, 0) is 49.9 Å². The summed E-state index contributed by atoms with van der Waals surface area (Å²) in [6.45, 7) is 4.85. The standard InChI is InChI=1S/C19H26N4O2/c1-21-17-12-15(6-7-16(17)20-19(21)25)18(24)23-9-3-8-22(10-11-23)13-14-4-2-5-14/h6-7,12,14H,2-5,8-11,13H2,1H3,(H,20,25). The van der Waals surface area contributed by atoms with Crippen LogP contribution in [0.2, 0.25) is 0 Å². The molecule has 2 aromatic rings. The summed E-state index contributed by atoms with van der Waals surface area (Å²) in [5.41, 5.74) is 2.06. The number of amides is 1. The van der Waals surface area contributed by atoms with E-state index in [2.05, 4.69) is 9.88 Å². The van der Waals surface area contributed by atoms with Crippen LogP contribution in [0.5, 0.6) is 0 Å². The van der Waals surface area contributed by atoms with Crippen molar-refractivity contribution >= 4 is 16.9 Å². The lowest BCUT2D eigenvalue weighted by atomic mass is 9.85. The number of fused-ring (bicyclic) bond motifs is 1. The fraction of sp³-hybridized carbons (Fsp3) is 0.579. The van der Waals surface area contributed by atoms with E-state index >= 15 is 0 Å². The van der Waals surface area contributed by atoms with Crippen molar-refractivity contribution in [3.8, 4) is 0 Å². The number of nitrogens with zero attached hydrogens (tertiary/aromatic N) is 3. The monoisotopic (exact) mass is 342 g/mol. The quantitative estimate of drug-likeness (QED) is 0.925. The number of rotatable bonds is 3. The van der Waals surface area contributed by atoms with Gasteiger partial charge in [0.05, 0.1) is 11.0 Å². The predicted octanol–water partition coefficient (Wildman–Crippen LogP) is 1.81. The predicted molar refractivity (Wildman–Crippen MR) is 97.8 cm³/mol. The maximum absolute atomic E-state index is 12.9. The first-order valence-electron chi connectivity index (χ1n) is 9.32. The summed E-state index contributed by atoms with van der Waals surface area (Å²) in [4.78, 5) is 31.9. The second kappa shape index (κ2) is 6.67. The van der Waals surface area contributed by atoms with E-state index in [4.69, 9.17) is 0 Å². The number of carbonyl (C=O) groups excluding carboxylic acids is 1. The van der Waals surface area contributed by atoms with Crippen molar-refractivity contribution in [2.75, 3.05) is 32.7 Å². The van der Waals surface area contributed by atoms with Gasteiger partial charge in [0.2, 0.25) is 0 Å². The number of aromatic amines is 1. The summed E-state index contributed by atoms with van der Waals surface area (Å²) >= 11 is 0. The van der Waals surface area contributed by atoms with Gasteiger partial charge in [-0.25, -0.2) is 4.79 Å². The minimum Gasteiger partial charge on any atom is -0.337 e. The molecule has 1 aliphatic carbocycles. The van der Waals surface area contributed by atoms with Gasteiger partial charge in [-0.3, -0.25) is 9.36 Å². The normalized spacial score (nSPS) is 19.8. The van der Waals surface area contributed by atoms with E-state index in [1.165, 1.54) is 25.8 Å². The minimum absolute atomic E-state index is 0.0704. The summed E-state index contributed by atoms with van der Waals surface area (Å²) in [6.07, 6.45) is 5.15. The smallest absolute Gasteiger partial charge is 0.326 e. The molecular formula is C19H26N4O2. The largest absolute Gasteiger partial charge is 0.337 e. The van der Waals surface area contributed by atoms with Crippen LogP contribution in [-0.2, 0) is 7.05 Å². The molecule has 0 atom stereocenters. The second-order valence-electron chi connectivity index (χ2n) is 7.46. The maximum atomic E-state index is 12.9. The number of benzene rings is 1. The van der Waals surface area contributed by atoms with Crippen LogP contribution in [0.25, 0.3) is 11.0 Å².